The van der Waals surface area contributed by atoms with Crippen LogP contribution in [0.2, 0.25) is 0 Å². The van der Waals surface area contributed by atoms with Gasteiger partial charge in [0.15, 0.2) is 0 Å². The van der Waals surface area contributed by atoms with Crippen LogP contribution in [0.1, 0.15) is 40.8 Å². The van der Waals surface area contributed by atoms with E-state index >= 15 is 4.39 Å². The molecule has 0 spiro atoms. The molecule has 3 aromatic rings. The van der Waals surface area contributed by atoms with Gasteiger partial charge in [-0.05, 0) is 55.6 Å². The quantitative estimate of drug-likeness (QED) is 0.545. The number of rotatable bonds is 4. The van der Waals surface area contributed by atoms with Crippen molar-refractivity contribution in [2.24, 2.45) is 5.73 Å². The van der Waals surface area contributed by atoms with Crippen LogP contribution in [0.3, 0.4) is 0 Å². The molecular weight excluding hydrogens is 406 g/mol. The first-order chi connectivity index (χ1) is 14.8. The van der Waals surface area contributed by atoms with Crippen molar-refractivity contribution in [1.82, 2.24) is 9.88 Å². The zero-order valence-electron chi connectivity index (χ0n) is 17.3. The fourth-order valence-corrected chi connectivity index (χ4v) is 4.51. The third-order valence-electron chi connectivity index (χ3n) is 5.90. The number of nitrogens with zero attached hydrogens (tertiary/aromatic N) is 1. The Morgan fingerprint density at radius 3 is 2.42 bits per heavy atom. The third-order valence-corrected chi connectivity index (χ3v) is 5.90. The SMILES string of the molecule is Cc1c(C(F)(F)F)n(Cc2ccccc2)c2c(CN)cc(F)c(C=C3CCNCC3)c12. The predicted octanol–water partition coefficient (Wildman–Crippen LogP) is 5.38. The van der Waals surface area contributed by atoms with Crippen molar-refractivity contribution in [3.8, 4) is 0 Å². The van der Waals surface area contributed by atoms with Gasteiger partial charge in [-0.3, -0.25) is 0 Å². The number of aromatic nitrogens is 1. The van der Waals surface area contributed by atoms with Crippen LogP contribution in [0.5, 0.6) is 0 Å². The molecular formula is C24H25F4N3. The summed E-state index contributed by atoms with van der Waals surface area (Å²) in [6, 6.07) is 10.2. The molecule has 0 atom stereocenters. The minimum absolute atomic E-state index is 0.0264. The van der Waals surface area contributed by atoms with Gasteiger partial charge in [0, 0.05) is 24.0 Å². The Hall–Kier alpha value is -2.64. The lowest BCUT2D eigenvalue weighted by molar-refractivity contribution is -0.143. The Bertz CT molecular complexity index is 1120. The molecule has 0 aliphatic carbocycles. The van der Waals surface area contributed by atoms with Gasteiger partial charge in [0.25, 0.3) is 0 Å². The number of hydrogen-bond donors (Lipinski definition) is 2. The van der Waals surface area contributed by atoms with Crippen LogP contribution >= 0.6 is 0 Å². The Morgan fingerprint density at radius 2 is 1.81 bits per heavy atom. The van der Waals surface area contributed by atoms with E-state index in [9.17, 15) is 13.2 Å². The lowest BCUT2D eigenvalue weighted by atomic mass is 9.96. The van der Waals surface area contributed by atoms with E-state index in [4.69, 9.17) is 5.73 Å². The summed E-state index contributed by atoms with van der Waals surface area (Å²) >= 11 is 0. The molecule has 3 N–H and O–H groups in total. The number of alkyl halides is 3. The second kappa shape index (κ2) is 8.48. The molecule has 1 aliphatic rings. The first kappa shape index (κ1) is 21.6. The van der Waals surface area contributed by atoms with Gasteiger partial charge in [-0.15, -0.1) is 0 Å². The van der Waals surface area contributed by atoms with Crippen LogP contribution in [0.15, 0.2) is 42.0 Å². The van der Waals surface area contributed by atoms with E-state index in [1.165, 1.54) is 17.6 Å². The first-order valence-electron chi connectivity index (χ1n) is 10.4. The molecule has 164 valence electrons. The minimum atomic E-state index is -4.58. The molecule has 0 amide bonds. The smallest absolute Gasteiger partial charge is 0.332 e. The Morgan fingerprint density at radius 1 is 1.13 bits per heavy atom. The van der Waals surface area contributed by atoms with E-state index in [1.54, 1.807) is 30.3 Å². The van der Waals surface area contributed by atoms with Gasteiger partial charge >= 0.3 is 6.18 Å². The highest BCUT2D eigenvalue weighted by Crippen LogP contribution is 2.42. The number of hydrogen-bond acceptors (Lipinski definition) is 2. The Labute approximate surface area is 178 Å². The number of aryl methyl sites for hydroxylation is 1. The summed E-state index contributed by atoms with van der Waals surface area (Å²) in [7, 11) is 0. The number of benzene rings is 2. The summed E-state index contributed by atoms with van der Waals surface area (Å²) in [4.78, 5) is 0. The predicted molar refractivity (Wildman–Crippen MR) is 115 cm³/mol. The Balaban J connectivity index is 2.04. The van der Waals surface area contributed by atoms with Gasteiger partial charge in [-0.25, -0.2) is 4.39 Å². The van der Waals surface area contributed by atoms with Crippen LogP contribution < -0.4 is 11.1 Å². The highest BCUT2D eigenvalue weighted by atomic mass is 19.4. The van der Waals surface area contributed by atoms with Crippen molar-refractivity contribution < 1.29 is 17.6 Å². The largest absolute Gasteiger partial charge is 0.431 e. The Kier molecular flexibility index (Phi) is 5.90. The number of nitrogens with two attached hydrogens (primary N) is 1. The van der Waals surface area contributed by atoms with Crippen molar-refractivity contribution in [2.75, 3.05) is 13.1 Å². The number of piperidine rings is 1. The van der Waals surface area contributed by atoms with Crippen LogP contribution in [-0.2, 0) is 19.3 Å². The van der Waals surface area contributed by atoms with Gasteiger partial charge in [-0.2, -0.15) is 13.2 Å². The average molecular weight is 431 g/mol. The van der Waals surface area contributed by atoms with Crippen molar-refractivity contribution in [2.45, 2.75) is 39.0 Å². The van der Waals surface area contributed by atoms with Crippen LogP contribution in [-0.4, -0.2) is 17.7 Å². The van der Waals surface area contributed by atoms with Crippen molar-refractivity contribution in [3.05, 3.63) is 75.7 Å². The second-order valence-electron chi connectivity index (χ2n) is 7.95. The molecule has 31 heavy (non-hydrogen) atoms. The molecule has 7 heteroatoms. The molecule has 1 fully saturated rings. The molecule has 0 bridgehead atoms. The maximum atomic E-state index is 15.2. The summed E-state index contributed by atoms with van der Waals surface area (Å²) in [5.74, 6) is -0.535. The highest BCUT2D eigenvalue weighted by molar-refractivity contribution is 5.96. The standard InChI is InChI=1S/C24H25F4N3/c1-15-21-19(11-16-7-9-30-10-8-16)20(25)12-18(13-29)22(21)31(23(15)24(26,27)28)14-17-5-3-2-4-6-17/h2-6,11-12,30H,7-10,13-14,29H2,1H3. The van der Waals surface area contributed by atoms with Crippen LogP contribution in [0, 0.1) is 12.7 Å². The lowest BCUT2D eigenvalue weighted by Gasteiger charge is -2.17. The zero-order valence-corrected chi connectivity index (χ0v) is 17.3. The fourth-order valence-electron chi connectivity index (χ4n) is 4.51. The molecule has 3 nitrogen and oxygen atoms in total. The topological polar surface area (TPSA) is 43.0 Å². The molecule has 1 aliphatic heterocycles. The van der Waals surface area contributed by atoms with E-state index in [0.29, 0.717) is 16.5 Å². The fraction of sp³-hybridized carbons (Fsp3) is 0.333. The number of halogens is 4. The van der Waals surface area contributed by atoms with Gasteiger partial charge in [0.1, 0.15) is 11.5 Å². The third kappa shape index (κ3) is 4.12. The maximum absolute atomic E-state index is 15.2. The molecule has 1 aromatic heterocycles. The van der Waals surface area contributed by atoms with Gasteiger partial charge < -0.3 is 15.6 Å². The van der Waals surface area contributed by atoms with Crippen LogP contribution in [0.25, 0.3) is 17.0 Å². The molecule has 0 radical (unpaired) electrons. The highest BCUT2D eigenvalue weighted by Gasteiger charge is 2.39. The van der Waals surface area contributed by atoms with E-state index in [1.807, 2.05) is 6.07 Å². The number of fused-ring (bicyclic) bond motifs is 1. The van der Waals surface area contributed by atoms with E-state index in [2.05, 4.69) is 5.32 Å². The van der Waals surface area contributed by atoms with Gasteiger partial charge in [0.05, 0.1) is 5.52 Å². The molecule has 2 aromatic carbocycles. The lowest BCUT2D eigenvalue weighted by Crippen LogP contribution is -2.23. The van der Waals surface area contributed by atoms with E-state index < -0.39 is 17.7 Å². The maximum Gasteiger partial charge on any atom is 0.431 e. The van der Waals surface area contributed by atoms with Gasteiger partial charge in [0.2, 0.25) is 0 Å². The van der Waals surface area contributed by atoms with E-state index in [0.717, 1.165) is 37.1 Å². The second-order valence-corrected chi connectivity index (χ2v) is 7.95. The average Bonchev–Trinajstić information content (AvgIpc) is 3.03. The molecule has 0 unspecified atom stereocenters. The zero-order chi connectivity index (χ0) is 22.2. The van der Waals surface area contributed by atoms with Crippen molar-refractivity contribution in [3.63, 3.8) is 0 Å². The summed E-state index contributed by atoms with van der Waals surface area (Å²) in [5, 5.41) is 3.54. The van der Waals surface area contributed by atoms with E-state index in [-0.39, 0.29) is 24.2 Å². The molecule has 0 saturated carbocycles. The first-order valence-corrected chi connectivity index (χ1v) is 10.4. The summed E-state index contributed by atoms with van der Waals surface area (Å²) in [5.41, 5.74) is 7.86. The van der Waals surface area contributed by atoms with Gasteiger partial charge in [-0.1, -0.05) is 42.0 Å². The summed E-state index contributed by atoms with van der Waals surface area (Å²) < 4.78 is 59.0. The monoisotopic (exact) mass is 431 g/mol. The minimum Gasteiger partial charge on any atom is -0.332 e. The molecule has 2 heterocycles. The summed E-state index contributed by atoms with van der Waals surface area (Å²) in [6.07, 6.45) is -1.36. The van der Waals surface area contributed by atoms with Crippen molar-refractivity contribution in [1.29, 1.82) is 0 Å². The van der Waals surface area contributed by atoms with Crippen molar-refractivity contribution >= 4 is 17.0 Å². The summed E-state index contributed by atoms with van der Waals surface area (Å²) in [6.45, 7) is 2.96. The van der Waals surface area contributed by atoms with Crippen LogP contribution in [0.4, 0.5) is 17.6 Å². The molecule has 4 rings (SSSR count). The molecule has 1 saturated heterocycles. The number of nitrogens with one attached hydrogen (secondary N) is 1. The normalized spacial score (nSPS) is 15.0.